The Balaban J connectivity index is 4.51. The van der Waals surface area contributed by atoms with Gasteiger partial charge in [0.25, 0.3) is 0 Å². The molecule has 88 valence electrons. The van der Waals surface area contributed by atoms with Crippen LogP contribution >= 0.6 is 0 Å². The van der Waals surface area contributed by atoms with Gasteiger partial charge in [0.05, 0.1) is 0 Å². The average molecular weight is 216 g/mol. The standard InChI is InChI=1S/C10H20N2O3/c1-5-7(11)6-8(13)12(4)10(2,3)9(14)15/h7H,5-6,11H2,1-4H3,(H,14,15). The molecular weight excluding hydrogens is 196 g/mol. The van der Waals surface area contributed by atoms with E-state index < -0.39 is 11.5 Å². The van der Waals surface area contributed by atoms with Gasteiger partial charge in [0.15, 0.2) is 0 Å². The molecule has 0 aromatic carbocycles. The zero-order valence-electron chi connectivity index (χ0n) is 9.78. The molecule has 0 aliphatic rings. The number of likely N-dealkylation sites (N-methyl/N-ethyl adjacent to an activating group) is 1. The van der Waals surface area contributed by atoms with E-state index in [0.717, 1.165) is 0 Å². The molecule has 1 atom stereocenters. The van der Waals surface area contributed by atoms with Crippen molar-refractivity contribution in [1.82, 2.24) is 4.90 Å². The third kappa shape index (κ3) is 3.51. The molecule has 0 spiro atoms. The fourth-order valence-electron chi connectivity index (χ4n) is 0.961. The summed E-state index contributed by atoms with van der Waals surface area (Å²) < 4.78 is 0. The van der Waals surface area contributed by atoms with E-state index in [4.69, 9.17) is 10.8 Å². The van der Waals surface area contributed by atoms with Gasteiger partial charge in [0, 0.05) is 19.5 Å². The Morgan fingerprint density at radius 2 is 1.93 bits per heavy atom. The minimum atomic E-state index is -1.19. The van der Waals surface area contributed by atoms with Crippen molar-refractivity contribution in [2.24, 2.45) is 5.73 Å². The molecule has 0 saturated carbocycles. The van der Waals surface area contributed by atoms with Crippen LogP contribution in [0.5, 0.6) is 0 Å². The van der Waals surface area contributed by atoms with Gasteiger partial charge < -0.3 is 15.7 Å². The number of carboxylic acid groups (broad SMARTS) is 1. The van der Waals surface area contributed by atoms with Gasteiger partial charge in [0.1, 0.15) is 5.54 Å². The predicted molar refractivity (Wildman–Crippen MR) is 57.4 cm³/mol. The molecule has 5 heteroatoms. The monoisotopic (exact) mass is 216 g/mol. The van der Waals surface area contributed by atoms with Crippen LogP contribution in [0.4, 0.5) is 0 Å². The Hall–Kier alpha value is -1.10. The number of carbonyl (C=O) groups excluding carboxylic acids is 1. The lowest BCUT2D eigenvalue weighted by molar-refractivity contribution is -0.155. The van der Waals surface area contributed by atoms with Gasteiger partial charge in [-0.25, -0.2) is 4.79 Å². The predicted octanol–water partition coefficient (Wildman–Crippen LogP) is 0.435. The van der Waals surface area contributed by atoms with Gasteiger partial charge in [-0.2, -0.15) is 0 Å². The number of amides is 1. The van der Waals surface area contributed by atoms with Crippen molar-refractivity contribution in [3.63, 3.8) is 0 Å². The molecule has 0 aromatic heterocycles. The molecule has 3 N–H and O–H groups in total. The summed E-state index contributed by atoms with van der Waals surface area (Å²) in [5, 5.41) is 8.93. The second-order valence-corrected chi connectivity index (χ2v) is 4.19. The number of nitrogens with zero attached hydrogens (tertiary/aromatic N) is 1. The van der Waals surface area contributed by atoms with E-state index in [1.54, 1.807) is 0 Å². The smallest absolute Gasteiger partial charge is 0.329 e. The van der Waals surface area contributed by atoms with Crippen LogP contribution in [-0.4, -0.2) is 40.5 Å². The molecule has 1 amide bonds. The number of hydrogen-bond acceptors (Lipinski definition) is 3. The highest BCUT2D eigenvalue weighted by Gasteiger charge is 2.35. The highest BCUT2D eigenvalue weighted by atomic mass is 16.4. The summed E-state index contributed by atoms with van der Waals surface area (Å²) in [7, 11) is 1.48. The van der Waals surface area contributed by atoms with Crippen molar-refractivity contribution in [2.75, 3.05) is 7.05 Å². The first-order valence-electron chi connectivity index (χ1n) is 4.99. The Morgan fingerprint density at radius 3 is 2.27 bits per heavy atom. The summed E-state index contributed by atoms with van der Waals surface area (Å²) in [5.74, 6) is -1.26. The third-order valence-corrected chi connectivity index (χ3v) is 2.70. The van der Waals surface area contributed by atoms with Gasteiger partial charge in [0.2, 0.25) is 5.91 Å². The molecule has 0 aliphatic carbocycles. The lowest BCUT2D eigenvalue weighted by Gasteiger charge is -2.32. The molecule has 0 rings (SSSR count). The van der Waals surface area contributed by atoms with Gasteiger partial charge >= 0.3 is 5.97 Å². The van der Waals surface area contributed by atoms with E-state index in [1.807, 2.05) is 6.92 Å². The second kappa shape index (κ2) is 5.11. The van der Waals surface area contributed by atoms with Crippen LogP contribution in [-0.2, 0) is 9.59 Å². The molecule has 0 radical (unpaired) electrons. The first kappa shape index (κ1) is 13.9. The molecule has 15 heavy (non-hydrogen) atoms. The van der Waals surface area contributed by atoms with Crippen LogP contribution in [0.2, 0.25) is 0 Å². The molecule has 0 fully saturated rings. The maximum atomic E-state index is 11.6. The molecule has 5 nitrogen and oxygen atoms in total. The lowest BCUT2D eigenvalue weighted by Crippen LogP contribution is -2.51. The first-order chi connectivity index (χ1) is 6.73. The Labute approximate surface area is 90.2 Å². The van der Waals surface area contributed by atoms with E-state index in [0.29, 0.717) is 6.42 Å². The number of carboxylic acids is 1. The number of carbonyl (C=O) groups is 2. The summed E-state index contributed by atoms with van der Waals surface area (Å²) in [6.07, 6.45) is 0.886. The second-order valence-electron chi connectivity index (χ2n) is 4.19. The van der Waals surface area contributed by atoms with Gasteiger partial charge in [-0.3, -0.25) is 4.79 Å². The van der Waals surface area contributed by atoms with Crippen molar-refractivity contribution < 1.29 is 14.7 Å². The summed E-state index contributed by atoms with van der Waals surface area (Å²) in [6, 6.07) is -0.204. The van der Waals surface area contributed by atoms with Crippen molar-refractivity contribution in [3.8, 4) is 0 Å². The summed E-state index contributed by atoms with van der Waals surface area (Å²) >= 11 is 0. The fourth-order valence-corrected chi connectivity index (χ4v) is 0.961. The molecule has 0 heterocycles. The summed E-state index contributed by atoms with van der Waals surface area (Å²) in [4.78, 5) is 23.8. The van der Waals surface area contributed by atoms with Crippen molar-refractivity contribution in [3.05, 3.63) is 0 Å². The Bertz CT molecular complexity index is 251. The molecular formula is C10H20N2O3. The van der Waals surface area contributed by atoms with Crippen LogP contribution in [0.25, 0.3) is 0 Å². The maximum Gasteiger partial charge on any atom is 0.329 e. The topological polar surface area (TPSA) is 83.6 Å². The normalized spacial score (nSPS) is 13.4. The lowest BCUT2D eigenvalue weighted by atomic mass is 10.0. The van der Waals surface area contributed by atoms with Crippen LogP contribution in [0.3, 0.4) is 0 Å². The zero-order chi connectivity index (χ0) is 12.2. The largest absolute Gasteiger partial charge is 0.480 e. The minimum Gasteiger partial charge on any atom is -0.480 e. The van der Waals surface area contributed by atoms with Crippen LogP contribution in [0.15, 0.2) is 0 Å². The first-order valence-corrected chi connectivity index (χ1v) is 4.99. The summed E-state index contributed by atoms with van der Waals surface area (Å²) in [5.41, 5.74) is 4.45. The SMILES string of the molecule is CCC(N)CC(=O)N(C)C(C)(C)C(=O)O. The number of aliphatic carboxylic acids is 1. The van der Waals surface area contributed by atoms with Gasteiger partial charge in [-0.15, -0.1) is 0 Å². The quantitative estimate of drug-likeness (QED) is 0.698. The number of nitrogens with two attached hydrogens (primary N) is 1. The van der Waals surface area contributed by atoms with Crippen molar-refractivity contribution in [1.29, 1.82) is 0 Å². The van der Waals surface area contributed by atoms with Crippen molar-refractivity contribution in [2.45, 2.75) is 45.2 Å². The van der Waals surface area contributed by atoms with E-state index in [9.17, 15) is 9.59 Å². The van der Waals surface area contributed by atoms with E-state index in [2.05, 4.69) is 0 Å². The molecule has 1 unspecified atom stereocenters. The molecule has 0 aliphatic heterocycles. The van der Waals surface area contributed by atoms with E-state index in [1.165, 1.54) is 25.8 Å². The van der Waals surface area contributed by atoms with Crippen LogP contribution in [0, 0.1) is 0 Å². The minimum absolute atomic E-state index is 0.184. The molecule has 0 bridgehead atoms. The molecule has 0 saturated heterocycles. The van der Waals surface area contributed by atoms with Crippen LogP contribution in [0.1, 0.15) is 33.6 Å². The van der Waals surface area contributed by atoms with E-state index >= 15 is 0 Å². The molecule has 0 aromatic rings. The zero-order valence-corrected chi connectivity index (χ0v) is 9.78. The van der Waals surface area contributed by atoms with Gasteiger partial charge in [-0.1, -0.05) is 6.92 Å². The number of hydrogen-bond donors (Lipinski definition) is 2. The van der Waals surface area contributed by atoms with E-state index in [-0.39, 0.29) is 18.4 Å². The highest BCUT2D eigenvalue weighted by molar-refractivity contribution is 5.86. The number of rotatable bonds is 5. The summed E-state index contributed by atoms with van der Waals surface area (Å²) in [6.45, 7) is 4.87. The average Bonchev–Trinajstić information content (AvgIpc) is 2.15. The highest BCUT2D eigenvalue weighted by Crippen LogP contribution is 2.14. The van der Waals surface area contributed by atoms with Gasteiger partial charge in [-0.05, 0) is 20.3 Å². The van der Waals surface area contributed by atoms with Crippen molar-refractivity contribution >= 4 is 11.9 Å². The Morgan fingerprint density at radius 1 is 1.47 bits per heavy atom. The Kier molecular flexibility index (Phi) is 4.74. The maximum absolute atomic E-state index is 11.6. The third-order valence-electron chi connectivity index (χ3n) is 2.70. The fraction of sp³-hybridized carbons (Fsp3) is 0.800. The van der Waals surface area contributed by atoms with Crippen LogP contribution < -0.4 is 5.73 Å².